The zero-order valence-electron chi connectivity index (χ0n) is 13.5. The summed E-state index contributed by atoms with van der Waals surface area (Å²) in [5, 5.41) is 2.53. The molecule has 1 atom stereocenters. The summed E-state index contributed by atoms with van der Waals surface area (Å²) in [5.74, 6) is -0.939. The Hall–Kier alpha value is -1.96. The van der Waals surface area contributed by atoms with Crippen LogP contribution in [0.5, 0.6) is 0 Å². The van der Waals surface area contributed by atoms with Gasteiger partial charge in [-0.1, -0.05) is 12.1 Å². The summed E-state index contributed by atoms with van der Waals surface area (Å²) in [6.45, 7) is 2.00. The van der Waals surface area contributed by atoms with E-state index in [2.05, 4.69) is 5.32 Å². The van der Waals surface area contributed by atoms with E-state index < -0.39 is 9.84 Å². The maximum absolute atomic E-state index is 12.8. The Balaban J connectivity index is 1.84. The van der Waals surface area contributed by atoms with E-state index in [1.165, 1.54) is 29.2 Å². The fraction of sp³-hybridized carbons (Fsp3) is 0.500. The SMILES string of the molecule is CCN(C(=O)CNC(=O)Cc1ccc(F)cc1)C1CCS(=O)(=O)C1. The molecule has 0 spiro atoms. The number of rotatable bonds is 6. The van der Waals surface area contributed by atoms with Crippen LogP contribution in [0.1, 0.15) is 18.9 Å². The molecule has 0 aromatic heterocycles. The van der Waals surface area contributed by atoms with E-state index in [4.69, 9.17) is 0 Å². The number of carbonyl (C=O) groups is 2. The van der Waals surface area contributed by atoms with Crippen LogP contribution in [0, 0.1) is 5.82 Å². The molecule has 24 heavy (non-hydrogen) atoms. The highest BCUT2D eigenvalue weighted by molar-refractivity contribution is 7.91. The summed E-state index contributed by atoms with van der Waals surface area (Å²) >= 11 is 0. The lowest BCUT2D eigenvalue weighted by molar-refractivity contribution is -0.134. The van der Waals surface area contributed by atoms with E-state index in [9.17, 15) is 22.4 Å². The standard InChI is InChI=1S/C16H21FN2O4S/c1-2-19(14-7-8-24(22,23)11-14)16(21)10-18-15(20)9-12-3-5-13(17)6-4-12/h3-6,14H,2,7-11H2,1H3,(H,18,20). The number of benzene rings is 1. The molecule has 2 amide bonds. The Morgan fingerprint density at radius 3 is 2.50 bits per heavy atom. The molecular formula is C16H21FN2O4S. The molecule has 2 rings (SSSR count). The van der Waals surface area contributed by atoms with E-state index in [0.717, 1.165) is 0 Å². The van der Waals surface area contributed by atoms with Crippen molar-refractivity contribution < 1.29 is 22.4 Å². The Morgan fingerprint density at radius 2 is 1.96 bits per heavy atom. The summed E-state index contributed by atoms with van der Waals surface area (Å²) in [7, 11) is -3.07. The van der Waals surface area contributed by atoms with Gasteiger partial charge in [0.2, 0.25) is 11.8 Å². The maximum Gasteiger partial charge on any atom is 0.242 e. The molecule has 1 N–H and O–H groups in total. The molecule has 1 heterocycles. The van der Waals surface area contributed by atoms with Crippen molar-refractivity contribution in [3.05, 3.63) is 35.6 Å². The van der Waals surface area contributed by atoms with Gasteiger partial charge in [-0.25, -0.2) is 12.8 Å². The monoisotopic (exact) mass is 356 g/mol. The molecule has 8 heteroatoms. The van der Waals surface area contributed by atoms with Crippen LogP contribution in [0.2, 0.25) is 0 Å². The van der Waals surface area contributed by atoms with Gasteiger partial charge in [-0.3, -0.25) is 9.59 Å². The minimum Gasteiger partial charge on any atom is -0.347 e. The van der Waals surface area contributed by atoms with Gasteiger partial charge in [0.15, 0.2) is 9.84 Å². The van der Waals surface area contributed by atoms with Gasteiger partial charge in [0.1, 0.15) is 5.82 Å². The first-order valence-corrected chi connectivity index (χ1v) is 9.64. The van der Waals surface area contributed by atoms with Crippen molar-refractivity contribution in [3.8, 4) is 0 Å². The first-order chi connectivity index (χ1) is 11.3. The predicted octanol–water partition coefficient (Wildman–Crippen LogP) is 0.520. The number of hydrogen-bond donors (Lipinski definition) is 1. The molecular weight excluding hydrogens is 335 g/mol. The molecule has 1 saturated heterocycles. The normalized spacial score (nSPS) is 19.0. The lowest BCUT2D eigenvalue weighted by Gasteiger charge is -2.27. The van der Waals surface area contributed by atoms with Crippen LogP contribution in [0.25, 0.3) is 0 Å². The fourth-order valence-electron chi connectivity index (χ4n) is 2.79. The topological polar surface area (TPSA) is 83.6 Å². The van der Waals surface area contributed by atoms with Gasteiger partial charge in [-0.2, -0.15) is 0 Å². The Labute approximate surface area is 140 Å². The number of amides is 2. The zero-order chi connectivity index (χ0) is 17.7. The Bertz CT molecular complexity index is 703. The van der Waals surface area contributed by atoms with Gasteiger partial charge in [0, 0.05) is 12.6 Å². The number of likely N-dealkylation sites (N-methyl/N-ethyl adjacent to an activating group) is 1. The molecule has 1 unspecified atom stereocenters. The second-order valence-corrected chi connectivity index (χ2v) is 8.05. The molecule has 0 bridgehead atoms. The average molecular weight is 356 g/mol. The molecule has 1 aliphatic heterocycles. The summed E-state index contributed by atoms with van der Waals surface area (Å²) in [6.07, 6.45) is 0.489. The van der Waals surface area contributed by atoms with Crippen LogP contribution in [0.4, 0.5) is 4.39 Å². The second kappa shape index (κ2) is 7.74. The third-order valence-corrected chi connectivity index (χ3v) is 5.78. The highest BCUT2D eigenvalue weighted by Crippen LogP contribution is 2.17. The van der Waals surface area contributed by atoms with Gasteiger partial charge in [-0.15, -0.1) is 0 Å². The lowest BCUT2D eigenvalue weighted by Crippen LogP contribution is -2.46. The lowest BCUT2D eigenvalue weighted by atomic mass is 10.1. The van der Waals surface area contributed by atoms with Crippen molar-refractivity contribution in [3.63, 3.8) is 0 Å². The number of halogens is 1. The Morgan fingerprint density at radius 1 is 1.29 bits per heavy atom. The molecule has 1 aliphatic rings. The van der Waals surface area contributed by atoms with Crippen LogP contribution >= 0.6 is 0 Å². The molecule has 1 aromatic rings. The van der Waals surface area contributed by atoms with Crippen LogP contribution in [-0.2, 0) is 25.8 Å². The minimum atomic E-state index is -3.07. The number of carbonyl (C=O) groups excluding carboxylic acids is 2. The summed E-state index contributed by atoms with van der Waals surface area (Å²) in [5.41, 5.74) is 0.649. The van der Waals surface area contributed by atoms with E-state index in [0.29, 0.717) is 18.5 Å². The molecule has 0 radical (unpaired) electrons. The van der Waals surface area contributed by atoms with E-state index >= 15 is 0 Å². The molecule has 6 nitrogen and oxygen atoms in total. The summed E-state index contributed by atoms with van der Waals surface area (Å²) < 4.78 is 35.9. The molecule has 1 fully saturated rings. The fourth-order valence-corrected chi connectivity index (χ4v) is 4.52. The molecule has 0 saturated carbocycles. The number of nitrogens with one attached hydrogen (secondary N) is 1. The van der Waals surface area contributed by atoms with Gasteiger partial charge in [0.25, 0.3) is 0 Å². The summed E-state index contributed by atoms with van der Waals surface area (Å²) in [6, 6.07) is 5.25. The third kappa shape index (κ3) is 5.02. The second-order valence-electron chi connectivity index (χ2n) is 5.82. The van der Waals surface area contributed by atoms with Crippen molar-refractivity contribution in [1.82, 2.24) is 10.2 Å². The van der Waals surface area contributed by atoms with Crippen molar-refractivity contribution in [2.45, 2.75) is 25.8 Å². The van der Waals surface area contributed by atoms with E-state index in [1.54, 1.807) is 6.92 Å². The first kappa shape index (κ1) is 18.4. The van der Waals surface area contributed by atoms with Crippen molar-refractivity contribution in [2.75, 3.05) is 24.6 Å². The first-order valence-electron chi connectivity index (χ1n) is 7.82. The van der Waals surface area contributed by atoms with Crippen molar-refractivity contribution in [1.29, 1.82) is 0 Å². The number of sulfone groups is 1. The van der Waals surface area contributed by atoms with Gasteiger partial charge in [0.05, 0.1) is 24.5 Å². The van der Waals surface area contributed by atoms with Crippen LogP contribution in [0.15, 0.2) is 24.3 Å². The largest absolute Gasteiger partial charge is 0.347 e. The molecule has 0 aliphatic carbocycles. The quantitative estimate of drug-likeness (QED) is 0.805. The Kier molecular flexibility index (Phi) is 5.93. The van der Waals surface area contributed by atoms with Crippen LogP contribution in [0.3, 0.4) is 0 Å². The van der Waals surface area contributed by atoms with E-state index in [-0.39, 0.29) is 48.1 Å². The van der Waals surface area contributed by atoms with Gasteiger partial charge >= 0.3 is 0 Å². The smallest absolute Gasteiger partial charge is 0.242 e. The van der Waals surface area contributed by atoms with Gasteiger partial charge in [-0.05, 0) is 31.0 Å². The molecule has 132 valence electrons. The third-order valence-electron chi connectivity index (χ3n) is 4.02. The summed E-state index contributed by atoms with van der Waals surface area (Å²) in [4.78, 5) is 25.6. The highest BCUT2D eigenvalue weighted by Gasteiger charge is 2.33. The number of hydrogen-bond acceptors (Lipinski definition) is 4. The number of nitrogens with zero attached hydrogens (tertiary/aromatic N) is 1. The average Bonchev–Trinajstić information content (AvgIpc) is 2.88. The van der Waals surface area contributed by atoms with Crippen molar-refractivity contribution in [2.24, 2.45) is 0 Å². The van der Waals surface area contributed by atoms with Gasteiger partial charge < -0.3 is 10.2 Å². The van der Waals surface area contributed by atoms with E-state index in [1.807, 2.05) is 0 Å². The minimum absolute atomic E-state index is 0.0178. The zero-order valence-corrected chi connectivity index (χ0v) is 14.3. The maximum atomic E-state index is 12.8. The van der Waals surface area contributed by atoms with Crippen molar-refractivity contribution >= 4 is 21.7 Å². The predicted molar refractivity (Wildman–Crippen MR) is 87.6 cm³/mol. The molecule has 1 aromatic carbocycles. The van der Waals surface area contributed by atoms with Crippen LogP contribution < -0.4 is 5.32 Å². The highest BCUT2D eigenvalue weighted by atomic mass is 32.2. The van der Waals surface area contributed by atoms with Crippen LogP contribution in [-0.4, -0.2) is 55.8 Å².